The lowest BCUT2D eigenvalue weighted by molar-refractivity contribution is 0.0227. The molecule has 0 fully saturated rings. The van der Waals surface area contributed by atoms with Gasteiger partial charge in [-0.1, -0.05) is 38.5 Å². The molecule has 0 amide bonds. The first-order valence-corrected chi connectivity index (χ1v) is 9.41. The highest BCUT2D eigenvalue weighted by Crippen LogP contribution is 2.33. The van der Waals surface area contributed by atoms with Crippen LogP contribution in [0.15, 0.2) is 12.1 Å². The Morgan fingerprint density at radius 2 is 1.72 bits per heavy atom. The van der Waals surface area contributed by atoms with Crippen LogP contribution in [0, 0.1) is 0 Å². The second-order valence-electron chi connectivity index (χ2n) is 7.13. The van der Waals surface area contributed by atoms with E-state index >= 15 is 0 Å². The van der Waals surface area contributed by atoms with Crippen molar-refractivity contribution in [3.05, 3.63) is 23.3 Å². The fourth-order valence-electron chi connectivity index (χ4n) is 3.42. The minimum absolute atomic E-state index is 0.0275. The molecule has 0 bridgehead atoms. The predicted octanol–water partition coefficient (Wildman–Crippen LogP) is 4.07. The van der Waals surface area contributed by atoms with E-state index in [1.165, 1.54) is 37.8 Å². The summed E-state index contributed by atoms with van der Waals surface area (Å²) in [4.78, 5) is 12.0. The zero-order chi connectivity index (χ0) is 18.2. The van der Waals surface area contributed by atoms with E-state index in [2.05, 4.69) is 0 Å². The number of esters is 1. The number of phenols is 2. The van der Waals surface area contributed by atoms with Gasteiger partial charge >= 0.3 is 5.97 Å². The van der Waals surface area contributed by atoms with Crippen LogP contribution in [0.4, 0.5) is 0 Å². The maximum absolute atomic E-state index is 12.0. The Balaban J connectivity index is 1.63. The summed E-state index contributed by atoms with van der Waals surface area (Å²) in [7, 11) is 0. The summed E-state index contributed by atoms with van der Waals surface area (Å²) in [5.41, 5.74) is 0.850. The van der Waals surface area contributed by atoms with Crippen molar-refractivity contribution in [3.63, 3.8) is 0 Å². The molecule has 5 heteroatoms. The zero-order valence-electron chi connectivity index (χ0n) is 15.0. The lowest BCUT2D eigenvalue weighted by Crippen LogP contribution is -2.27. The van der Waals surface area contributed by atoms with Crippen LogP contribution in [0.1, 0.15) is 80.6 Å². The first-order chi connectivity index (χ1) is 12.0. The third kappa shape index (κ3) is 6.24. The normalized spacial score (nSPS) is 17.8. The summed E-state index contributed by atoms with van der Waals surface area (Å²) in [5, 5.41) is 28.6. The average molecular weight is 350 g/mol. The standard InChI is InChI=1S/C20H30O5/c1-14(21)9-7-5-3-2-4-6-8-10-17-12-15-11-16(22)13-18(23)19(15)20(24)25-17/h11,13-14,17,21-23H,2-10,12H2,1H3/t14-,17-/m0/s1. The van der Waals surface area contributed by atoms with Crippen LogP contribution in [0.25, 0.3) is 0 Å². The maximum atomic E-state index is 12.0. The number of unbranched alkanes of at least 4 members (excludes halogenated alkanes) is 6. The fourth-order valence-corrected chi connectivity index (χ4v) is 3.42. The molecule has 0 radical (unpaired) electrons. The van der Waals surface area contributed by atoms with Crippen molar-refractivity contribution >= 4 is 5.97 Å². The van der Waals surface area contributed by atoms with E-state index in [4.69, 9.17) is 4.74 Å². The molecule has 1 aliphatic heterocycles. The molecule has 1 aromatic carbocycles. The molecule has 25 heavy (non-hydrogen) atoms. The van der Waals surface area contributed by atoms with Crippen molar-refractivity contribution in [3.8, 4) is 11.5 Å². The van der Waals surface area contributed by atoms with Gasteiger partial charge in [0.05, 0.1) is 6.10 Å². The molecule has 0 saturated heterocycles. The zero-order valence-corrected chi connectivity index (χ0v) is 15.0. The van der Waals surface area contributed by atoms with Crippen molar-refractivity contribution in [1.82, 2.24) is 0 Å². The average Bonchev–Trinajstić information content (AvgIpc) is 2.51. The highest BCUT2D eigenvalue weighted by atomic mass is 16.5. The number of carbonyl (C=O) groups excluding carboxylic acids is 1. The Morgan fingerprint density at radius 3 is 2.40 bits per heavy atom. The highest BCUT2D eigenvalue weighted by molar-refractivity contribution is 5.95. The molecule has 0 saturated carbocycles. The molecule has 140 valence electrons. The summed E-state index contributed by atoms with van der Waals surface area (Å²) in [5.74, 6) is -0.740. The van der Waals surface area contributed by atoms with Gasteiger partial charge in [0, 0.05) is 12.5 Å². The summed E-state index contributed by atoms with van der Waals surface area (Å²) in [6.45, 7) is 1.83. The summed E-state index contributed by atoms with van der Waals surface area (Å²) in [6, 6.07) is 2.71. The summed E-state index contributed by atoms with van der Waals surface area (Å²) < 4.78 is 5.41. The van der Waals surface area contributed by atoms with Gasteiger partial charge in [0.15, 0.2) is 0 Å². The summed E-state index contributed by atoms with van der Waals surface area (Å²) >= 11 is 0. The Kier molecular flexibility index (Phi) is 7.56. The first-order valence-electron chi connectivity index (χ1n) is 9.41. The molecule has 0 unspecified atom stereocenters. The third-order valence-electron chi connectivity index (χ3n) is 4.76. The number of fused-ring (bicyclic) bond motifs is 1. The van der Waals surface area contributed by atoms with E-state index in [0.29, 0.717) is 12.0 Å². The Hall–Kier alpha value is -1.75. The van der Waals surface area contributed by atoms with E-state index in [-0.39, 0.29) is 29.3 Å². The molecule has 2 atom stereocenters. The number of hydrogen-bond donors (Lipinski definition) is 3. The number of hydrogen-bond acceptors (Lipinski definition) is 5. The van der Waals surface area contributed by atoms with Gasteiger partial charge in [0.25, 0.3) is 0 Å². The van der Waals surface area contributed by atoms with Gasteiger partial charge in [-0.15, -0.1) is 0 Å². The van der Waals surface area contributed by atoms with E-state index in [9.17, 15) is 20.1 Å². The quantitative estimate of drug-likeness (QED) is 0.437. The smallest absolute Gasteiger partial charge is 0.342 e. The molecule has 2 rings (SSSR count). The number of ether oxygens (including phenoxy) is 1. The van der Waals surface area contributed by atoms with E-state index < -0.39 is 5.97 Å². The Morgan fingerprint density at radius 1 is 1.08 bits per heavy atom. The molecular weight excluding hydrogens is 320 g/mol. The topological polar surface area (TPSA) is 87.0 Å². The second kappa shape index (κ2) is 9.66. The van der Waals surface area contributed by atoms with Gasteiger partial charge in [0.1, 0.15) is 23.2 Å². The number of carbonyl (C=O) groups is 1. The molecular formula is C20H30O5. The lowest BCUT2D eigenvalue weighted by atomic mass is 9.94. The molecule has 0 aromatic heterocycles. The van der Waals surface area contributed by atoms with Gasteiger partial charge in [-0.05, 0) is 37.8 Å². The maximum Gasteiger partial charge on any atom is 0.342 e. The van der Waals surface area contributed by atoms with Gasteiger partial charge in [-0.2, -0.15) is 0 Å². The van der Waals surface area contributed by atoms with Crippen molar-refractivity contribution in [1.29, 1.82) is 0 Å². The number of aromatic hydroxyl groups is 2. The second-order valence-corrected chi connectivity index (χ2v) is 7.13. The monoisotopic (exact) mass is 350 g/mol. The highest BCUT2D eigenvalue weighted by Gasteiger charge is 2.29. The summed E-state index contributed by atoms with van der Waals surface area (Å²) in [6.07, 6.45) is 9.85. The van der Waals surface area contributed by atoms with E-state index in [1.807, 2.05) is 6.92 Å². The SMILES string of the molecule is C[C@H](O)CCCCCCCCC[C@H]1Cc2cc(O)cc(O)c2C(=O)O1. The van der Waals surface area contributed by atoms with Crippen LogP contribution in [0.2, 0.25) is 0 Å². The number of rotatable bonds is 10. The van der Waals surface area contributed by atoms with Crippen molar-refractivity contribution in [2.45, 2.75) is 83.3 Å². The number of aliphatic hydroxyl groups excluding tert-OH is 1. The van der Waals surface area contributed by atoms with Gasteiger partial charge in [-0.3, -0.25) is 0 Å². The lowest BCUT2D eigenvalue weighted by Gasteiger charge is -2.25. The molecule has 1 aromatic rings. The van der Waals surface area contributed by atoms with Crippen LogP contribution in [0.5, 0.6) is 11.5 Å². The Labute approximate surface area is 149 Å². The molecule has 3 N–H and O–H groups in total. The minimum atomic E-state index is -0.498. The van der Waals surface area contributed by atoms with Gasteiger partial charge in [-0.25, -0.2) is 4.79 Å². The van der Waals surface area contributed by atoms with Crippen LogP contribution in [-0.2, 0) is 11.2 Å². The van der Waals surface area contributed by atoms with Crippen LogP contribution in [0.3, 0.4) is 0 Å². The molecule has 1 heterocycles. The van der Waals surface area contributed by atoms with Gasteiger partial charge < -0.3 is 20.1 Å². The molecule has 0 aliphatic carbocycles. The number of cyclic esters (lactones) is 1. The van der Waals surface area contributed by atoms with Crippen LogP contribution >= 0.6 is 0 Å². The minimum Gasteiger partial charge on any atom is -0.508 e. The van der Waals surface area contributed by atoms with Crippen molar-refractivity contribution < 1.29 is 24.9 Å². The fraction of sp³-hybridized carbons (Fsp3) is 0.650. The van der Waals surface area contributed by atoms with Crippen LogP contribution in [-0.4, -0.2) is 33.5 Å². The largest absolute Gasteiger partial charge is 0.508 e. The number of phenolic OH excluding ortho intramolecular Hbond substituents is 2. The van der Waals surface area contributed by atoms with E-state index in [1.54, 1.807) is 0 Å². The van der Waals surface area contributed by atoms with E-state index in [0.717, 1.165) is 32.1 Å². The van der Waals surface area contributed by atoms with Crippen molar-refractivity contribution in [2.24, 2.45) is 0 Å². The molecule has 0 spiro atoms. The number of aliphatic hydroxyl groups is 1. The first kappa shape index (κ1) is 19.6. The predicted molar refractivity (Wildman–Crippen MR) is 95.9 cm³/mol. The molecule has 1 aliphatic rings. The number of benzene rings is 1. The van der Waals surface area contributed by atoms with Crippen LogP contribution < -0.4 is 0 Å². The van der Waals surface area contributed by atoms with Crippen molar-refractivity contribution in [2.75, 3.05) is 0 Å². The third-order valence-corrected chi connectivity index (χ3v) is 4.76. The molecule has 5 nitrogen and oxygen atoms in total. The Bertz CT molecular complexity index is 567. The van der Waals surface area contributed by atoms with Gasteiger partial charge in [0.2, 0.25) is 0 Å².